The molecule has 0 aromatic heterocycles. The zero-order valence-corrected chi connectivity index (χ0v) is 10.9. The van der Waals surface area contributed by atoms with Gasteiger partial charge in [-0.1, -0.05) is 6.07 Å². The molecule has 0 aliphatic heterocycles. The van der Waals surface area contributed by atoms with E-state index in [1.165, 1.54) is 12.1 Å². The summed E-state index contributed by atoms with van der Waals surface area (Å²) in [4.78, 5) is 0. The maximum Gasteiger partial charge on any atom is 0.126 e. The van der Waals surface area contributed by atoms with Crippen LogP contribution < -0.4 is 10.1 Å². The number of hydrogen-bond acceptors (Lipinski definition) is 3. The van der Waals surface area contributed by atoms with Crippen LogP contribution in [0.2, 0.25) is 0 Å². The van der Waals surface area contributed by atoms with E-state index < -0.39 is 5.54 Å². The fraction of sp³-hybridized carbons (Fsp3) is 0.571. The lowest BCUT2D eigenvalue weighted by Gasteiger charge is -2.29. The molecule has 4 heteroatoms. The Balaban J connectivity index is 1.97. The standard InChI is InChI=1S/C14H20FNO2/c1-10-3-4-11(15)7-13(10)18-9-14(2,8-17)16-12-5-6-12/h3-4,7,12,16-17H,5-6,8-9H2,1-2H3. The topological polar surface area (TPSA) is 41.5 Å². The van der Waals surface area contributed by atoms with Crippen LogP contribution in [0.1, 0.15) is 25.3 Å². The summed E-state index contributed by atoms with van der Waals surface area (Å²) in [7, 11) is 0. The average Bonchev–Trinajstić information content (AvgIpc) is 3.14. The van der Waals surface area contributed by atoms with Gasteiger partial charge in [0.25, 0.3) is 0 Å². The summed E-state index contributed by atoms with van der Waals surface area (Å²) in [6.45, 7) is 4.11. The number of hydrogen-bond donors (Lipinski definition) is 2. The van der Waals surface area contributed by atoms with Crippen LogP contribution in [0.4, 0.5) is 4.39 Å². The largest absolute Gasteiger partial charge is 0.491 e. The Morgan fingerprint density at radius 1 is 1.50 bits per heavy atom. The fourth-order valence-electron chi connectivity index (χ4n) is 1.82. The van der Waals surface area contributed by atoms with E-state index >= 15 is 0 Å². The van der Waals surface area contributed by atoms with Gasteiger partial charge in [-0.3, -0.25) is 0 Å². The van der Waals surface area contributed by atoms with Crippen molar-refractivity contribution >= 4 is 0 Å². The van der Waals surface area contributed by atoms with E-state index in [0.29, 0.717) is 18.4 Å². The summed E-state index contributed by atoms with van der Waals surface area (Å²) >= 11 is 0. The molecule has 0 radical (unpaired) electrons. The number of halogens is 1. The van der Waals surface area contributed by atoms with Crippen molar-refractivity contribution in [3.05, 3.63) is 29.6 Å². The fourth-order valence-corrected chi connectivity index (χ4v) is 1.82. The highest BCUT2D eigenvalue weighted by atomic mass is 19.1. The highest BCUT2D eigenvalue weighted by Gasteiger charge is 2.32. The minimum Gasteiger partial charge on any atom is -0.491 e. The van der Waals surface area contributed by atoms with Gasteiger partial charge in [0.2, 0.25) is 0 Å². The van der Waals surface area contributed by atoms with Crippen molar-refractivity contribution in [3.63, 3.8) is 0 Å². The predicted octanol–water partition coefficient (Wildman–Crippen LogP) is 2.02. The molecule has 2 N–H and O–H groups in total. The highest BCUT2D eigenvalue weighted by Crippen LogP contribution is 2.24. The molecule has 1 atom stereocenters. The molecule has 1 unspecified atom stereocenters. The predicted molar refractivity (Wildman–Crippen MR) is 68.3 cm³/mol. The van der Waals surface area contributed by atoms with Gasteiger partial charge in [0.1, 0.15) is 18.2 Å². The van der Waals surface area contributed by atoms with Crippen LogP contribution >= 0.6 is 0 Å². The van der Waals surface area contributed by atoms with E-state index in [4.69, 9.17) is 4.74 Å². The zero-order chi connectivity index (χ0) is 13.2. The molecule has 1 aliphatic carbocycles. The summed E-state index contributed by atoms with van der Waals surface area (Å²) in [5.74, 6) is 0.226. The van der Waals surface area contributed by atoms with Crippen molar-refractivity contribution < 1.29 is 14.2 Å². The third-order valence-electron chi connectivity index (χ3n) is 3.18. The summed E-state index contributed by atoms with van der Waals surface area (Å²) < 4.78 is 18.8. The second-order valence-electron chi connectivity index (χ2n) is 5.34. The second-order valence-corrected chi connectivity index (χ2v) is 5.34. The molecule has 100 valence electrons. The average molecular weight is 253 g/mol. The van der Waals surface area contributed by atoms with Crippen molar-refractivity contribution in [2.45, 2.75) is 38.3 Å². The maximum absolute atomic E-state index is 13.1. The van der Waals surface area contributed by atoms with Crippen molar-refractivity contribution in [3.8, 4) is 5.75 Å². The first-order chi connectivity index (χ1) is 8.52. The molecular formula is C14H20FNO2. The smallest absolute Gasteiger partial charge is 0.126 e. The first-order valence-corrected chi connectivity index (χ1v) is 6.30. The highest BCUT2D eigenvalue weighted by molar-refractivity contribution is 5.32. The number of benzene rings is 1. The molecule has 3 nitrogen and oxygen atoms in total. The number of rotatable bonds is 6. The van der Waals surface area contributed by atoms with Gasteiger partial charge in [-0.05, 0) is 38.3 Å². The third-order valence-corrected chi connectivity index (χ3v) is 3.18. The first kappa shape index (κ1) is 13.3. The number of aliphatic hydroxyl groups is 1. The van der Waals surface area contributed by atoms with Gasteiger partial charge in [0.15, 0.2) is 0 Å². The van der Waals surface area contributed by atoms with Crippen LogP contribution in [-0.4, -0.2) is 29.9 Å². The van der Waals surface area contributed by atoms with E-state index in [9.17, 15) is 9.50 Å². The van der Waals surface area contributed by atoms with Gasteiger partial charge in [-0.25, -0.2) is 4.39 Å². The van der Waals surface area contributed by atoms with Gasteiger partial charge >= 0.3 is 0 Å². The molecule has 0 spiro atoms. The van der Waals surface area contributed by atoms with Gasteiger partial charge in [0, 0.05) is 12.1 Å². The van der Waals surface area contributed by atoms with Gasteiger partial charge < -0.3 is 15.2 Å². The summed E-state index contributed by atoms with van der Waals surface area (Å²) in [6.07, 6.45) is 2.29. The normalized spacial score (nSPS) is 18.4. The minimum absolute atomic E-state index is 0.00212. The monoisotopic (exact) mass is 253 g/mol. The maximum atomic E-state index is 13.1. The molecule has 0 amide bonds. The molecule has 0 saturated heterocycles. The van der Waals surface area contributed by atoms with Crippen LogP contribution in [-0.2, 0) is 0 Å². The van der Waals surface area contributed by atoms with E-state index in [2.05, 4.69) is 5.32 Å². The zero-order valence-electron chi connectivity index (χ0n) is 10.9. The molecule has 18 heavy (non-hydrogen) atoms. The van der Waals surface area contributed by atoms with Gasteiger partial charge in [-0.15, -0.1) is 0 Å². The molecular weight excluding hydrogens is 233 g/mol. The third kappa shape index (κ3) is 3.43. The number of aliphatic hydroxyl groups excluding tert-OH is 1. The van der Waals surface area contributed by atoms with E-state index in [1.807, 2.05) is 13.8 Å². The molecule has 2 rings (SSSR count). The summed E-state index contributed by atoms with van der Waals surface area (Å²) in [5, 5.41) is 12.8. The molecule has 0 heterocycles. The number of aryl methyl sites for hydroxylation is 1. The number of ether oxygens (including phenoxy) is 1. The molecule has 1 aliphatic rings. The van der Waals surface area contributed by atoms with Crippen LogP contribution in [0.15, 0.2) is 18.2 Å². The Morgan fingerprint density at radius 2 is 2.22 bits per heavy atom. The SMILES string of the molecule is Cc1ccc(F)cc1OCC(C)(CO)NC1CC1. The van der Waals surface area contributed by atoms with Crippen molar-refractivity contribution in [1.29, 1.82) is 0 Å². The summed E-state index contributed by atoms with van der Waals surface area (Å²) in [5.41, 5.74) is 0.419. The lowest BCUT2D eigenvalue weighted by atomic mass is 10.1. The number of nitrogens with one attached hydrogen (secondary N) is 1. The van der Waals surface area contributed by atoms with Crippen molar-refractivity contribution in [2.24, 2.45) is 0 Å². The molecule has 1 aromatic carbocycles. The Labute approximate surface area is 107 Å². The van der Waals surface area contributed by atoms with Crippen LogP contribution in [0.5, 0.6) is 5.75 Å². The van der Waals surface area contributed by atoms with Gasteiger partial charge in [0.05, 0.1) is 12.1 Å². The quantitative estimate of drug-likeness (QED) is 0.815. The lowest BCUT2D eigenvalue weighted by molar-refractivity contribution is 0.113. The van der Waals surface area contributed by atoms with Crippen LogP contribution in [0.3, 0.4) is 0 Å². The minimum atomic E-state index is -0.472. The van der Waals surface area contributed by atoms with Crippen molar-refractivity contribution in [2.75, 3.05) is 13.2 Å². The van der Waals surface area contributed by atoms with E-state index in [1.54, 1.807) is 6.07 Å². The van der Waals surface area contributed by atoms with E-state index in [-0.39, 0.29) is 12.4 Å². The first-order valence-electron chi connectivity index (χ1n) is 6.30. The molecule has 0 bridgehead atoms. The Hall–Kier alpha value is -1.13. The van der Waals surface area contributed by atoms with Crippen molar-refractivity contribution in [1.82, 2.24) is 5.32 Å². The lowest BCUT2D eigenvalue weighted by Crippen LogP contribution is -2.51. The van der Waals surface area contributed by atoms with Gasteiger partial charge in [-0.2, -0.15) is 0 Å². The van der Waals surface area contributed by atoms with E-state index in [0.717, 1.165) is 18.4 Å². The molecule has 1 aromatic rings. The Morgan fingerprint density at radius 3 is 2.83 bits per heavy atom. The van der Waals surface area contributed by atoms with Crippen LogP contribution in [0, 0.1) is 12.7 Å². The Kier molecular flexibility index (Phi) is 3.88. The second kappa shape index (κ2) is 5.24. The Bertz CT molecular complexity index is 420. The molecule has 1 fully saturated rings. The van der Waals surface area contributed by atoms with Crippen LogP contribution in [0.25, 0.3) is 0 Å². The summed E-state index contributed by atoms with van der Waals surface area (Å²) in [6, 6.07) is 4.97. The molecule has 1 saturated carbocycles.